The molecular formula is C21H14ClN3O3S. The molecule has 144 valence electrons. The molecule has 29 heavy (non-hydrogen) atoms. The van der Waals surface area contributed by atoms with Crippen molar-refractivity contribution in [2.24, 2.45) is 5.73 Å². The number of nitrogens with two attached hydrogens (primary N) is 1. The molecule has 0 aromatic heterocycles. The van der Waals surface area contributed by atoms with Gasteiger partial charge in [0, 0.05) is 9.92 Å². The number of amides is 1. The first kappa shape index (κ1) is 19.1. The molecule has 0 fully saturated rings. The van der Waals surface area contributed by atoms with Crippen LogP contribution in [0, 0.1) is 11.3 Å². The summed E-state index contributed by atoms with van der Waals surface area (Å²) in [7, 11) is 1.22. The van der Waals surface area contributed by atoms with Crippen LogP contribution in [0.2, 0.25) is 5.02 Å². The minimum absolute atomic E-state index is 0.00855. The van der Waals surface area contributed by atoms with Gasteiger partial charge in [-0.3, -0.25) is 9.69 Å². The number of benzene rings is 2. The van der Waals surface area contributed by atoms with Crippen molar-refractivity contribution < 1.29 is 14.3 Å². The highest BCUT2D eigenvalue weighted by Crippen LogP contribution is 2.50. The molecule has 0 saturated carbocycles. The summed E-state index contributed by atoms with van der Waals surface area (Å²) in [6, 6.07) is 16.1. The molecule has 2 aliphatic rings. The van der Waals surface area contributed by atoms with E-state index in [1.54, 1.807) is 42.5 Å². The molecule has 0 spiro atoms. The zero-order valence-corrected chi connectivity index (χ0v) is 16.8. The van der Waals surface area contributed by atoms with Crippen LogP contribution in [0.25, 0.3) is 0 Å². The highest BCUT2D eigenvalue weighted by Gasteiger charge is 2.44. The second-order valence-electron chi connectivity index (χ2n) is 6.31. The fourth-order valence-electron chi connectivity index (χ4n) is 3.49. The van der Waals surface area contributed by atoms with Crippen LogP contribution in [-0.2, 0) is 9.53 Å². The Morgan fingerprint density at radius 3 is 2.62 bits per heavy atom. The van der Waals surface area contributed by atoms with Crippen LogP contribution >= 0.6 is 23.4 Å². The van der Waals surface area contributed by atoms with E-state index in [1.165, 1.54) is 23.8 Å². The fraction of sp³-hybridized carbons (Fsp3) is 0.0952. The van der Waals surface area contributed by atoms with E-state index < -0.39 is 17.8 Å². The molecule has 6 nitrogen and oxygen atoms in total. The van der Waals surface area contributed by atoms with Crippen molar-refractivity contribution in [3.8, 4) is 6.07 Å². The second-order valence-corrected chi connectivity index (χ2v) is 7.75. The number of hydrogen-bond acceptors (Lipinski definition) is 6. The Labute approximate surface area is 176 Å². The van der Waals surface area contributed by atoms with E-state index in [2.05, 4.69) is 6.07 Å². The van der Waals surface area contributed by atoms with Gasteiger partial charge >= 0.3 is 5.97 Å². The van der Waals surface area contributed by atoms with Gasteiger partial charge in [0.15, 0.2) is 0 Å². The van der Waals surface area contributed by atoms with E-state index in [0.717, 1.165) is 0 Å². The number of nitriles is 1. The van der Waals surface area contributed by atoms with Gasteiger partial charge in [-0.05, 0) is 23.8 Å². The molecule has 1 amide bonds. The first-order valence-corrected chi connectivity index (χ1v) is 9.77. The number of thioether (sulfide) groups is 1. The lowest BCUT2D eigenvalue weighted by Crippen LogP contribution is -2.42. The molecule has 8 heteroatoms. The normalized spacial score (nSPS) is 18.2. The summed E-state index contributed by atoms with van der Waals surface area (Å²) in [6.45, 7) is 0. The third kappa shape index (κ3) is 2.89. The van der Waals surface area contributed by atoms with Crippen molar-refractivity contribution in [1.29, 1.82) is 5.26 Å². The molecule has 0 radical (unpaired) electrons. The molecule has 2 N–H and O–H groups in total. The first-order chi connectivity index (χ1) is 14.0. The van der Waals surface area contributed by atoms with Crippen molar-refractivity contribution >= 4 is 35.2 Å². The molecule has 0 aliphatic carbocycles. The SMILES string of the molecule is COC(=O)C1=C(N)N2C(=O)c3ccccc3SC2=C(C#N)C1c1ccccc1Cl. The number of allylic oxidation sites excluding steroid dienone is 1. The van der Waals surface area contributed by atoms with Crippen molar-refractivity contribution in [2.45, 2.75) is 10.8 Å². The maximum absolute atomic E-state index is 13.2. The van der Waals surface area contributed by atoms with Gasteiger partial charge in [0.1, 0.15) is 10.9 Å². The van der Waals surface area contributed by atoms with Crippen LogP contribution in [-0.4, -0.2) is 23.9 Å². The minimum Gasteiger partial charge on any atom is -0.466 e. The number of fused-ring (bicyclic) bond motifs is 2. The van der Waals surface area contributed by atoms with Gasteiger partial charge in [-0.1, -0.05) is 53.7 Å². The Morgan fingerprint density at radius 1 is 1.24 bits per heavy atom. The lowest BCUT2D eigenvalue weighted by molar-refractivity contribution is -0.136. The van der Waals surface area contributed by atoms with Crippen LogP contribution in [0.3, 0.4) is 0 Å². The van der Waals surface area contributed by atoms with Gasteiger partial charge < -0.3 is 10.5 Å². The maximum Gasteiger partial charge on any atom is 0.338 e. The van der Waals surface area contributed by atoms with E-state index in [4.69, 9.17) is 22.1 Å². The highest BCUT2D eigenvalue weighted by molar-refractivity contribution is 8.03. The number of esters is 1. The van der Waals surface area contributed by atoms with Crippen LogP contribution in [0.1, 0.15) is 21.8 Å². The average Bonchev–Trinajstić information content (AvgIpc) is 2.73. The van der Waals surface area contributed by atoms with Crippen molar-refractivity contribution in [3.63, 3.8) is 0 Å². The van der Waals surface area contributed by atoms with E-state index in [9.17, 15) is 14.9 Å². The minimum atomic E-state index is -0.849. The van der Waals surface area contributed by atoms with E-state index in [1.807, 2.05) is 6.07 Å². The van der Waals surface area contributed by atoms with Crippen LogP contribution in [0.4, 0.5) is 0 Å². The monoisotopic (exact) mass is 423 g/mol. The number of carbonyl (C=O) groups excluding carboxylic acids is 2. The second kappa shape index (κ2) is 7.32. The molecule has 2 aromatic rings. The topological polar surface area (TPSA) is 96.4 Å². The van der Waals surface area contributed by atoms with E-state index in [0.29, 0.717) is 26.1 Å². The zero-order chi connectivity index (χ0) is 20.7. The standard InChI is InChI=1S/C21H14ClN3O3S/c1-28-21(27)17-16(11-6-2-4-8-14(11)22)13(10-23)20-25(18(17)24)19(26)12-7-3-5-9-15(12)29-20/h2-9,16H,24H2,1H3. The number of rotatable bonds is 2. The predicted molar refractivity (Wildman–Crippen MR) is 109 cm³/mol. The summed E-state index contributed by atoms with van der Waals surface area (Å²) < 4.78 is 4.93. The summed E-state index contributed by atoms with van der Waals surface area (Å²) in [5, 5.41) is 10.8. The number of methoxy groups -OCH3 is 1. The van der Waals surface area contributed by atoms with Gasteiger partial charge in [0.05, 0.1) is 35.8 Å². The van der Waals surface area contributed by atoms with Gasteiger partial charge in [0.2, 0.25) is 0 Å². The summed E-state index contributed by atoms with van der Waals surface area (Å²) >= 11 is 7.65. The lowest BCUT2D eigenvalue weighted by Gasteiger charge is -2.38. The first-order valence-electron chi connectivity index (χ1n) is 8.57. The maximum atomic E-state index is 13.2. The molecule has 4 rings (SSSR count). The molecule has 0 bridgehead atoms. The Hall–Kier alpha value is -3.21. The molecular weight excluding hydrogens is 410 g/mol. The average molecular weight is 424 g/mol. The van der Waals surface area contributed by atoms with Gasteiger partial charge in [0.25, 0.3) is 5.91 Å². The Morgan fingerprint density at radius 2 is 1.93 bits per heavy atom. The van der Waals surface area contributed by atoms with Gasteiger partial charge in [-0.15, -0.1) is 0 Å². The summed E-state index contributed by atoms with van der Waals surface area (Å²) in [4.78, 5) is 27.8. The van der Waals surface area contributed by atoms with Crippen molar-refractivity contribution in [2.75, 3.05) is 7.11 Å². The number of carbonyl (C=O) groups is 2. The molecule has 1 unspecified atom stereocenters. The quantitative estimate of drug-likeness (QED) is 0.738. The largest absolute Gasteiger partial charge is 0.466 e. The zero-order valence-electron chi connectivity index (χ0n) is 15.2. The number of hydrogen-bond donors (Lipinski definition) is 1. The molecule has 1 atom stereocenters. The van der Waals surface area contributed by atoms with Crippen LogP contribution < -0.4 is 5.73 Å². The van der Waals surface area contributed by atoms with Crippen molar-refractivity contribution in [1.82, 2.24) is 4.90 Å². The number of nitrogens with zero attached hydrogens (tertiary/aromatic N) is 2. The third-order valence-electron chi connectivity index (χ3n) is 4.80. The Kier molecular flexibility index (Phi) is 4.82. The van der Waals surface area contributed by atoms with Crippen LogP contribution in [0.5, 0.6) is 0 Å². The van der Waals surface area contributed by atoms with Gasteiger partial charge in [-0.25, -0.2) is 4.79 Å². The molecule has 2 aliphatic heterocycles. The van der Waals surface area contributed by atoms with Crippen molar-refractivity contribution in [3.05, 3.63) is 86.7 Å². The molecule has 0 saturated heterocycles. The summed E-state index contributed by atoms with van der Waals surface area (Å²) in [6.07, 6.45) is 0. The van der Waals surface area contributed by atoms with E-state index in [-0.39, 0.29) is 17.0 Å². The Balaban J connectivity index is 2.03. The summed E-state index contributed by atoms with van der Waals surface area (Å²) in [5.41, 5.74) is 7.54. The van der Waals surface area contributed by atoms with Crippen LogP contribution in [0.15, 0.2) is 75.4 Å². The fourth-order valence-corrected chi connectivity index (χ4v) is 4.90. The molecule has 2 heterocycles. The lowest BCUT2D eigenvalue weighted by atomic mass is 9.83. The number of halogens is 1. The number of ether oxygens (including phenoxy) is 1. The third-order valence-corrected chi connectivity index (χ3v) is 6.31. The van der Waals surface area contributed by atoms with Gasteiger partial charge in [-0.2, -0.15) is 5.26 Å². The predicted octanol–water partition coefficient (Wildman–Crippen LogP) is 3.76. The van der Waals surface area contributed by atoms with E-state index >= 15 is 0 Å². The molecule has 2 aromatic carbocycles. The smallest absolute Gasteiger partial charge is 0.338 e. The highest BCUT2D eigenvalue weighted by atomic mass is 35.5. The summed E-state index contributed by atoms with van der Waals surface area (Å²) in [5.74, 6) is -2.05. The Bertz CT molecular complexity index is 1170.